The lowest BCUT2D eigenvalue weighted by molar-refractivity contribution is -0.159. The minimum atomic E-state index is -0.928. The second-order valence-corrected chi connectivity index (χ2v) is 4.37. The summed E-state index contributed by atoms with van der Waals surface area (Å²) in [4.78, 5) is 22.8. The smallest absolute Gasteiger partial charge is 0.317 e. The molecule has 0 bridgehead atoms. The molecule has 0 heterocycles. The number of benzene rings is 1. The molecule has 0 radical (unpaired) electrons. The average Bonchev–Trinajstić information content (AvgIpc) is 2.42. The maximum absolute atomic E-state index is 11.6. The Balaban J connectivity index is 1.99. The van der Waals surface area contributed by atoms with Gasteiger partial charge < -0.3 is 14.6 Å². The van der Waals surface area contributed by atoms with Crippen LogP contribution < -0.4 is 0 Å². The quantitative estimate of drug-likeness (QED) is 0.668. The van der Waals surface area contributed by atoms with E-state index in [4.69, 9.17) is 4.74 Å². The monoisotopic (exact) mass is 276 g/mol. The van der Waals surface area contributed by atoms with Crippen molar-refractivity contribution in [2.24, 2.45) is 0 Å². The summed E-state index contributed by atoms with van der Waals surface area (Å²) < 4.78 is 9.77. The third-order valence-corrected chi connectivity index (χ3v) is 2.95. The summed E-state index contributed by atoms with van der Waals surface area (Å²) in [5.74, 6) is -1.34. The molecule has 0 amide bonds. The zero-order chi connectivity index (χ0) is 14.5. The van der Waals surface area contributed by atoms with Crippen molar-refractivity contribution in [2.75, 3.05) is 6.61 Å². The SMILES string of the molecule is CCOC(=O)CC(=O)O[C@H]1C=Cc2ccccc2[C@@H]1O. The van der Waals surface area contributed by atoms with E-state index in [0.717, 1.165) is 5.56 Å². The van der Waals surface area contributed by atoms with Crippen LogP contribution in [0, 0.1) is 0 Å². The van der Waals surface area contributed by atoms with Gasteiger partial charge in [0, 0.05) is 0 Å². The van der Waals surface area contributed by atoms with Crippen LogP contribution in [0.1, 0.15) is 30.6 Å². The molecule has 2 rings (SSSR count). The van der Waals surface area contributed by atoms with E-state index >= 15 is 0 Å². The van der Waals surface area contributed by atoms with Gasteiger partial charge in [-0.1, -0.05) is 30.3 Å². The molecule has 1 aromatic rings. The maximum atomic E-state index is 11.6. The van der Waals surface area contributed by atoms with Crippen LogP contribution >= 0.6 is 0 Å². The van der Waals surface area contributed by atoms with Gasteiger partial charge in [0.2, 0.25) is 0 Å². The van der Waals surface area contributed by atoms with Gasteiger partial charge in [-0.25, -0.2) is 0 Å². The molecule has 2 atom stereocenters. The van der Waals surface area contributed by atoms with E-state index in [2.05, 4.69) is 4.74 Å². The van der Waals surface area contributed by atoms with Crippen LogP contribution in [0.15, 0.2) is 30.3 Å². The molecule has 0 aliphatic heterocycles. The number of hydrogen-bond donors (Lipinski definition) is 1. The van der Waals surface area contributed by atoms with E-state index in [1.54, 1.807) is 31.2 Å². The zero-order valence-corrected chi connectivity index (χ0v) is 11.1. The van der Waals surface area contributed by atoms with Gasteiger partial charge in [-0.2, -0.15) is 0 Å². The first-order valence-corrected chi connectivity index (χ1v) is 6.42. The number of rotatable bonds is 4. The first kappa shape index (κ1) is 14.3. The van der Waals surface area contributed by atoms with E-state index in [0.29, 0.717) is 5.56 Å². The van der Waals surface area contributed by atoms with Gasteiger partial charge in [0.15, 0.2) is 6.10 Å². The van der Waals surface area contributed by atoms with Crippen molar-refractivity contribution < 1.29 is 24.2 Å². The van der Waals surface area contributed by atoms with Crippen LogP contribution in [-0.4, -0.2) is 29.8 Å². The summed E-state index contributed by atoms with van der Waals surface area (Å²) in [5.41, 5.74) is 1.58. The van der Waals surface area contributed by atoms with E-state index in [1.165, 1.54) is 0 Å². The molecule has 0 spiro atoms. The van der Waals surface area contributed by atoms with Crippen molar-refractivity contribution in [3.63, 3.8) is 0 Å². The topological polar surface area (TPSA) is 72.8 Å². The Kier molecular flexibility index (Phi) is 4.53. The summed E-state index contributed by atoms with van der Waals surface area (Å²) in [6, 6.07) is 7.31. The number of fused-ring (bicyclic) bond motifs is 1. The number of ether oxygens (including phenoxy) is 2. The van der Waals surface area contributed by atoms with Gasteiger partial charge in [-0.05, 0) is 24.1 Å². The van der Waals surface area contributed by atoms with Gasteiger partial charge in [0.05, 0.1) is 6.61 Å². The van der Waals surface area contributed by atoms with Crippen LogP contribution in [0.4, 0.5) is 0 Å². The van der Waals surface area contributed by atoms with E-state index in [1.807, 2.05) is 12.1 Å². The Morgan fingerprint density at radius 2 is 2.00 bits per heavy atom. The molecule has 1 aromatic carbocycles. The number of carbonyl (C=O) groups is 2. The Bertz CT molecular complexity index is 535. The molecule has 106 valence electrons. The average molecular weight is 276 g/mol. The van der Waals surface area contributed by atoms with Crippen LogP contribution in [0.25, 0.3) is 6.08 Å². The molecule has 1 N–H and O–H groups in total. The van der Waals surface area contributed by atoms with Crippen molar-refractivity contribution in [1.29, 1.82) is 0 Å². The van der Waals surface area contributed by atoms with Gasteiger partial charge in [-0.15, -0.1) is 0 Å². The minimum Gasteiger partial charge on any atom is -0.466 e. The second-order valence-electron chi connectivity index (χ2n) is 4.37. The van der Waals surface area contributed by atoms with Gasteiger partial charge in [0.25, 0.3) is 0 Å². The van der Waals surface area contributed by atoms with Gasteiger partial charge in [0.1, 0.15) is 12.5 Å². The van der Waals surface area contributed by atoms with Crippen molar-refractivity contribution in [1.82, 2.24) is 0 Å². The molecule has 5 nitrogen and oxygen atoms in total. The molecule has 1 aliphatic carbocycles. The fraction of sp³-hybridized carbons (Fsp3) is 0.333. The van der Waals surface area contributed by atoms with Crippen molar-refractivity contribution in [2.45, 2.75) is 25.6 Å². The molecule has 1 aliphatic rings. The molecule has 0 unspecified atom stereocenters. The highest BCUT2D eigenvalue weighted by molar-refractivity contribution is 5.91. The Labute approximate surface area is 116 Å². The van der Waals surface area contributed by atoms with Crippen molar-refractivity contribution >= 4 is 18.0 Å². The van der Waals surface area contributed by atoms with Crippen LogP contribution in [0.2, 0.25) is 0 Å². The summed E-state index contributed by atoms with van der Waals surface area (Å²) >= 11 is 0. The van der Waals surface area contributed by atoms with E-state index in [9.17, 15) is 14.7 Å². The normalized spacial score (nSPS) is 20.1. The first-order valence-electron chi connectivity index (χ1n) is 6.42. The highest BCUT2D eigenvalue weighted by Gasteiger charge is 2.27. The predicted octanol–water partition coefficient (Wildman–Crippen LogP) is 1.61. The Morgan fingerprint density at radius 3 is 2.75 bits per heavy atom. The Hall–Kier alpha value is -2.14. The summed E-state index contributed by atoms with van der Waals surface area (Å²) in [6.45, 7) is 1.87. The molecule has 20 heavy (non-hydrogen) atoms. The van der Waals surface area contributed by atoms with Crippen molar-refractivity contribution in [3.8, 4) is 0 Å². The third-order valence-electron chi connectivity index (χ3n) is 2.95. The number of carbonyl (C=O) groups excluding carboxylic acids is 2. The summed E-state index contributed by atoms with van der Waals surface area (Å²) in [7, 11) is 0. The molecule has 5 heteroatoms. The second kappa shape index (κ2) is 6.34. The highest BCUT2D eigenvalue weighted by atomic mass is 16.6. The van der Waals surface area contributed by atoms with Gasteiger partial charge in [-0.3, -0.25) is 9.59 Å². The molecule has 0 saturated carbocycles. The van der Waals surface area contributed by atoms with Crippen LogP contribution in [0.5, 0.6) is 0 Å². The molecular formula is C15H16O5. The number of aliphatic hydroxyl groups excluding tert-OH is 1. The lowest BCUT2D eigenvalue weighted by Crippen LogP contribution is -2.27. The fourth-order valence-corrected chi connectivity index (χ4v) is 2.04. The summed E-state index contributed by atoms with van der Waals surface area (Å²) in [6.07, 6.45) is 1.22. The minimum absolute atomic E-state index is 0.214. The summed E-state index contributed by atoms with van der Waals surface area (Å²) in [5, 5.41) is 10.2. The highest BCUT2D eigenvalue weighted by Crippen LogP contribution is 2.29. The standard InChI is InChI=1S/C15H16O5/c1-2-19-13(16)9-14(17)20-12-8-7-10-5-3-4-6-11(10)15(12)18/h3-8,12,15,18H,2,9H2,1H3/t12-,15-/m0/s1. The zero-order valence-electron chi connectivity index (χ0n) is 11.1. The first-order chi connectivity index (χ1) is 9.61. The molecule has 0 saturated heterocycles. The van der Waals surface area contributed by atoms with Crippen LogP contribution in [-0.2, 0) is 19.1 Å². The maximum Gasteiger partial charge on any atom is 0.317 e. The van der Waals surface area contributed by atoms with Gasteiger partial charge >= 0.3 is 11.9 Å². The lowest BCUT2D eigenvalue weighted by atomic mass is 9.93. The lowest BCUT2D eigenvalue weighted by Gasteiger charge is -2.25. The largest absolute Gasteiger partial charge is 0.466 e. The fourth-order valence-electron chi connectivity index (χ4n) is 2.04. The molecule has 0 fully saturated rings. The Morgan fingerprint density at radius 1 is 1.25 bits per heavy atom. The number of hydrogen-bond acceptors (Lipinski definition) is 5. The number of aliphatic hydroxyl groups is 1. The van der Waals surface area contributed by atoms with E-state index in [-0.39, 0.29) is 6.61 Å². The van der Waals surface area contributed by atoms with Crippen molar-refractivity contribution in [3.05, 3.63) is 41.5 Å². The predicted molar refractivity (Wildman–Crippen MR) is 71.6 cm³/mol. The molecular weight excluding hydrogens is 260 g/mol. The van der Waals surface area contributed by atoms with E-state index < -0.39 is 30.6 Å². The van der Waals surface area contributed by atoms with Crippen LogP contribution in [0.3, 0.4) is 0 Å². The third kappa shape index (κ3) is 3.24. The molecule has 0 aromatic heterocycles. The number of esters is 2.